The van der Waals surface area contributed by atoms with Gasteiger partial charge in [-0.3, -0.25) is 14.6 Å². The minimum absolute atomic E-state index is 0.0187. The molecule has 3 aliphatic rings. The zero-order chi connectivity index (χ0) is 18.0. The molecule has 2 saturated heterocycles. The maximum Gasteiger partial charge on any atom is 0.228 e. The van der Waals surface area contributed by atoms with Crippen LogP contribution in [-0.2, 0) is 20.7 Å². The zero-order valence-corrected chi connectivity index (χ0v) is 15.2. The quantitative estimate of drug-likeness (QED) is 0.822. The molecule has 3 fully saturated rings. The average molecular weight is 357 g/mol. The predicted octanol–water partition coefficient (Wildman–Crippen LogP) is 1.50. The van der Waals surface area contributed by atoms with Crippen molar-refractivity contribution in [2.75, 3.05) is 39.4 Å². The highest BCUT2D eigenvalue weighted by molar-refractivity contribution is 5.81. The molecule has 0 aromatic carbocycles. The molecule has 6 heteroatoms. The summed E-state index contributed by atoms with van der Waals surface area (Å²) in [5.41, 5.74) is 0.792. The largest absolute Gasteiger partial charge is 0.378 e. The predicted molar refractivity (Wildman–Crippen MR) is 96.3 cm³/mol. The van der Waals surface area contributed by atoms with Crippen molar-refractivity contribution in [3.8, 4) is 0 Å². The molecule has 2 atom stereocenters. The first kappa shape index (κ1) is 17.5. The van der Waals surface area contributed by atoms with Gasteiger partial charge in [0, 0.05) is 49.4 Å². The van der Waals surface area contributed by atoms with Gasteiger partial charge in [-0.1, -0.05) is 12.5 Å². The summed E-state index contributed by atoms with van der Waals surface area (Å²) in [4.78, 5) is 34.0. The van der Waals surface area contributed by atoms with Crippen LogP contribution >= 0.6 is 0 Å². The van der Waals surface area contributed by atoms with Crippen LogP contribution in [0, 0.1) is 11.3 Å². The van der Waals surface area contributed by atoms with Crippen LogP contribution in [0.1, 0.15) is 31.4 Å². The van der Waals surface area contributed by atoms with E-state index in [4.69, 9.17) is 4.74 Å². The second-order valence-corrected chi connectivity index (χ2v) is 7.81. The summed E-state index contributed by atoms with van der Waals surface area (Å²) < 4.78 is 5.38. The first-order valence-electron chi connectivity index (χ1n) is 9.72. The van der Waals surface area contributed by atoms with Crippen LogP contribution in [0.4, 0.5) is 0 Å². The first-order chi connectivity index (χ1) is 12.7. The molecule has 26 heavy (non-hydrogen) atoms. The molecule has 6 nitrogen and oxygen atoms in total. The lowest BCUT2D eigenvalue weighted by Crippen LogP contribution is -2.47. The number of carbonyl (C=O) groups excluding carboxylic acids is 2. The van der Waals surface area contributed by atoms with Gasteiger partial charge in [0.1, 0.15) is 0 Å². The number of morpholine rings is 1. The molecular formula is C20H27N3O3. The third kappa shape index (κ3) is 3.34. The van der Waals surface area contributed by atoms with E-state index in [9.17, 15) is 9.59 Å². The van der Waals surface area contributed by atoms with Crippen LogP contribution in [0.2, 0.25) is 0 Å². The summed E-state index contributed by atoms with van der Waals surface area (Å²) in [6, 6.07) is 5.67. The number of rotatable bonds is 3. The van der Waals surface area contributed by atoms with Gasteiger partial charge >= 0.3 is 0 Å². The molecule has 1 aliphatic carbocycles. The van der Waals surface area contributed by atoms with Crippen molar-refractivity contribution in [1.29, 1.82) is 0 Å². The summed E-state index contributed by atoms with van der Waals surface area (Å²) in [5, 5.41) is 0. The van der Waals surface area contributed by atoms with E-state index in [0.29, 0.717) is 32.7 Å². The standard InChI is InChI=1S/C20H27N3O3/c24-18(14-16-4-1-2-8-21-16)23-9-7-20(15-23)6-3-5-17(20)19(25)22-10-12-26-13-11-22/h1-2,4,8,17H,3,5-7,9-15H2/t17-,20-/m0/s1. The number of hydrogen-bond donors (Lipinski definition) is 0. The van der Waals surface area contributed by atoms with E-state index in [-0.39, 0.29) is 23.1 Å². The van der Waals surface area contributed by atoms with Gasteiger partial charge in [-0.2, -0.15) is 0 Å². The SMILES string of the molecule is O=C(Cc1ccccn1)N1CC[C@@]2(CCC[C@H]2C(=O)N2CCOCC2)C1. The summed E-state index contributed by atoms with van der Waals surface area (Å²) in [6.07, 6.45) is 6.12. The topological polar surface area (TPSA) is 62.7 Å². The molecule has 4 rings (SSSR count). The molecule has 0 bridgehead atoms. The van der Waals surface area contributed by atoms with E-state index >= 15 is 0 Å². The van der Waals surface area contributed by atoms with Crippen molar-refractivity contribution in [3.63, 3.8) is 0 Å². The highest BCUT2D eigenvalue weighted by Gasteiger charge is 2.52. The Morgan fingerprint density at radius 2 is 2.00 bits per heavy atom. The third-order valence-corrected chi connectivity index (χ3v) is 6.32. The van der Waals surface area contributed by atoms with E-state index in [2.05, 4.69) is 4.98 Å². The minimum Gasteiger partial charge on any atom is -0.378 e. The Balaban J connectivity index is 1.42. The van der Waals surface area contributed by atoms with Crippen LogP contribution in [0.3, 0.4) is 0 Å². The lowest BCUT2D eigenvalue weighted by atomic mass is 9.76. The number of likely N-dealkylation sites (tertiary alicyclic amines) is 1. The Labute approximate surface area is 154 Å². The van der Waals surface area contributed by atoms with E-state index in [1.54, 1.807) is 6.20 Å². The van der Waals surface area contributed by atoms with E-state index < -0.39 is 0 Å². The average Bonchev–Trinajstić information content (AvgIpc) is 3.30. The number of carbonyl (C=O) groups is 2. The van der Waals surface area contributed by atoms with Gasteiger partial charge in [0.25, 0.3) is 0 Å². The van der Waals surface area contributed by atoms with E-state index in [1.165, 1.54) is 0 Å². The van der Waals surface area contributed by atoms with Gasteiger partial charge in [-0.15, -0.1) is 0 Å². The van der Waals surface area contributed by atoms with Crippen LogP contribution in [0.15, 0.2) is 24.4 Å². The van der Waals surface area contributed by atoms with Crippen LogP contribution in [0.5, 0.6) is 0 Å². The highest BCUT2D eigenvalue weighted by Crippen LogP contribution is 2.50. The summed E-state index contributed by atoms with van der Waals surface area (Å²) in [5.74, 6) is 0.475. The van der Waals surface area contributed by atoms with Gasteiger partial charge in [0.05, 0.1) is 19.6 Å². The molecule has 140 valence electrons. The van der Waals surface area contributed by atoms with Crippen LogP contribution in [0.25, 0.3) is 0 Å². The van der Waals surface area contributed by atoms with Gasteiger partial charge < -0.3 is 14.5 Å². The lowest BCUT2D eigenvalue weighted by Gasteiger charge is -2.36. The van der Waals surface area contributed by atoms with Gasteiger partial charge in [0.2, 0.25) is 11.8 Å². The molecule has 1 saturated carbocycles. The minimum atomic E-state index is -0.0187. The van der Waals surface area contributed by atoms with Crippen molar-refractivity contribution in [2.45, 2.75) is 32.1 Å². The van der Waals surface area contributed by atoms with E-state index in [1.807, 2.05) is 28.0 Å². The zero-order valence-electron chi connectivity index (χ0n) is 15.2. The number of pyridine rings is 1. The Kier molecular flexibility index (Phi) is 4.94. The number of nitrogens with zero attached hydrogens (tertiary/aromatic N) is 3. The Bertz CT molecular complexity index is 660. The van der Waals surface area contributed by atoms with Gasteiger partial charge in [0.15, 0.2) is 0 Å². The van der Waals surface area contributed by atoms with Gasteiger partial charge in [-0.25, -0.2) is 0 Å². The van der Waals surface area contributed by atoms with Crippen LogP contribution in [-0.4, -0.2) is 66.0 Å². The second kappa shape index (κ2) is 7.35. The molecule has 2 amide bonds. The van der Waals surface area contributed by atoms with Crippen molar-refractivity contribution in [3.05, 3.63) is 30.1 Å². The van der Waals surface area contributed by atoms with E-state index in [0.717, 1.165) is 44.5 Å². The maximum absolute atomic E-state index is 13.1. The lowest BCUT2D eigenvalue weighted by molar-refractivity contribution is -0.143. The van der Waals surface area contributed by atoms with Crippen molar-refractivity contribution < 1.29 is 14.3 Å². The molecule has 1 aromatic rings. The summed E-state index contributed by atoms with van der Waals surface area (Å²) in [6.45, 7) is 4.17. The molecule has 0 radical (unpaired) electrons. The highest BCUT2D eigenvalue weighted by atomic mass is 16.5. The Morgan fingerprint density at radius 3 is 2.77 bits per heavy atom. The smallest absolute Gasteiger partial charge is 0.228 e. The van der Waals surface area contributed by atoms with Gasteiger partial charge in [-0.05, 0) is 31.4 Å². The number of amides is 2. The fourth-order valence-corrected chi connectivity index (χ4v) is 4.89. The molecule has 0 unspecified atom stereocenters. The first-order valence-corrected chi connectivity index (χ1v) is 9.72. The number of ether oxygens (including phenoxy) is 1. The Hall–Kier alpha value is -1.95. The normalized spacial score (nSPS) is 28.7. The molecule has 1 spiro atoms. The summed E-state index contributed by atoms with van der Waals surface area (Å²) >= 11 is 0. The molecular weight excluding hydrogens is 330 g/mol. The van der Waals surface area contributed by atoms with Crippen molar-refractivity contribution in [1.82, 2.24) is 14.8 Å². The fourth-order valence-electron chi connectivity index (χ4n) is 4.89. The molecule has 0 N–H and O–H groups in total. The summed E-state index contributed by atoms with van der Waals surface area (Å²) in [7, 11) is 0. The number of hydrogen-bond acceptors (Lipinski definition) is 4. The van der Waals surface area contributed by atoms with Crippen LogP contribution < -0.4 is 0 Å². The van der Waals surface area contributed by atoms with Crippen molar-refractivity contribution in [2.24, 2.45) is 11.3 Å². The Morgan fingerprint density at radius 1 is 1.15 bits per heavy atom. The second-order valence-electron chi connectivity index (χ2n) is 7.81. The maximum atomic E-state index is 13.1. The molecule has 2 aliphatic heterocycles. The molecule has 3 heterocycles. The third-order valence-electron chi connectivity index (χ3n) is 6.32. The van der Waals surface area contributed by atoms with Crippen molar-refractivity contribution >= 4 is 11.8 Å². The monoisotopic (exact) mass is 357 g/mol. The fraction of sp³-hybridized carbons (Fsp3) is 0.650. The molecule has 1 aromatic heterocycles. The number of aromatic nitrogens is 1.